The molecule has 4 heteroatoms. The highest BCUT2D eigenvalue weighted by Crippen LogP contribution is 2.38. The van der Waals surface area contributed by atoms with Crippen LogP contribution in [0.25, 0.3) is 11.1 Å². The van der Waals surface area contributed by atoms with Crippen molar-refractivity contribution in [3.8, 4) is 11.1 Å². The average Bonchev–Trinajstić information content (AvgIpc) is 2.69. The van der Waals surface area contributed by atoms with E-state index in [-0.39, 0.29) is 5.97 Å². The van der Waals surface area contributed by atoms with Gasteiger partial charge in [-0.1, -0.05) is 17.7 Å². The van der Waals surface area contributed by atoms with Gasteiger partial charge in [0.25, 0.3) is 0 Å². The minimum absolute atomic E-state index is 0.379. The molecule has 19 heavy (non-hydrogen) atoms. The third kappa shape index (κ3) is 2.36. The molecule has 2 N–H and O–H groups in total. The van der Waals surface area contributed by atoms with Crippen LogP contribution in [0, 0.1) is 20.8 Å². The second kappa shape index (κ2) is 5.05. The van der Waals surface area contributed by atoms with E-state index in [1.165, 1.54) is 35.1 Å². The van der Waals surface area contributed by atoms with Gasteiger partial charge in [0.05, 0.1) is 12.8 Å². The maximum Gasteiger partial charge on any atom is 0.350 e. The van der Waals surface area contributed by atoms with Crippen LogP contribution < -0.4 is 5.73 Å². The summed E-state index contributed by atoms with van der Waals surface area (Å²) in [5, 5.41) is 1.92. The van der Waals surface area contributed by atoms with E-state index in [4.69, 9.17) is 10.5 Å². The number of hydrogen-bond donors (Lipinski definition) is 1. The molecule has 0 unspecified atom stereocenters. The van der Waals surface area contributed by atoms with Crippen LogP contribution in [0.5, 0.6) is 0 Å². The van der Waals surface area contributed by atoms with Crippen molar-refractivity contribution in [2.24, 2.45) is 0 Å². The van der Waals surface area contributed by atoms with Crippen LogP contribution in [-0.4, -0.2) is 13.1 Å². The Morgan fingerprint density at radius 3 is 2.32 bits per heavy atom. The van der Waals surface area contributed by atoms with E-state index in [9.17, 15) is 4.79 Å². The Hall–Kier alpha value is -1.81. The summed E-state index contributed by atoms with van der Waals surface area (Å²) >= 11 is 1.33. The molecule has 1 aromatic carbocycles. The van der Waals surface area contributed by atoms with Gasteiger partial charge in [-0.15, -0.1) is 11.3 Å². The monoisotopic (exact) mass is 275 g/mol. The molecule has 2 aromatic rings. The number of anilines is 1. The smallest absolute Gasteiger partial charge is 0.350 e. The first kappa shape index (κ1) is 13.6. The number of thiophene rings is 1. The van der Waals surface area contributed by atoms with Crippen LogP contribution in [0.3, 0.4) is 0 Å². The zero-order valence-electron chi connectivity index (χ0n) is 11.5. The Morgan fingerprint density at radius 1 is 1.21 bits per heavy atom. The highest BCUT2D eigenvalue weighted by molar-refractivity contribution is 7.13. The predicted octanol–water partition coefficient (Wildman–Crippen LogP) is 3.71. The molecule has 100 valence electrons. The maximum atomic E-state index is 11.6. The number of nitrogen functional groups attached to an aromatic ring is 1. The minimum Gasteiger partial charge on any atom is -0.465 e. The Kier molecular flexibility index (Phi) is 3.62. The van der Waals surface area contributed by atoms with Gasteiger partial charge in [0.2, 0.25) is 0 Å². The Bertz CT molecular complexity index is 621. The minimum atomic E-state index is -0.379. The molecule has 0 spiro atoms. The van der Waals surface area contributed by atoms with Crippen LogP contribution in [-0.2, 0) is 4.74 Å². The van der Waals surface area contributed by atoms with Crippen molar-refractivity contribution in [3.05, 3.63) is 39.1 Å². The van der Waals surface area contributed by atoms with E-state index >= 15 is 0 Å². The van der Waals surface area contributed by atoms with Gasteiger partial charge in [0.15, 0.2) is 0 Å². The largest absolute Gasteiger partial charge is 0.465 e. The summed E-state index contributed by atoms with van der Waals surface area (Å²) in [4.78, 5) is 12.1. The molecule has 0 amide bonds. The summed E-state index contributed by atoms with van der Waals surface area (Å²) in [7, 11) is 1.36. The van der Waals surface area contributed by atoms with Crippen LogP contribution in [0.4, 0.5) is 5.69 Å². The lowest BCUT2D eigenvalue weighted by Crippen LogP contribution is -2.02. The summed E-state index contributed by atoms with van der Waals surface area (Å²) in [5.41, 5.74) is 12.2. The van der Waals surface area contributed by atoms with Crippen molar-refractivity contribution in [2.45, 2.75) is 20.8 Å². The zero-order valence-corrected chi connectivity index (χ0v) is 12.4. The van der Waals surface area contributed by atoms with Crippen molar-refractivity contribution >= 4 is 23.0 Å². The Balaban J connectivity index is 2.61. The average molecular weight is 275 g/mol. The SMILES string of the molecule is COC(=O)c1scc(-c2c(C)cc(C)cc2C)c1N. The first-order valence-corrected chi connectivity index (χ1v) is 6.87. The summed E-state index contributed by atoms with van der Waals surface area (Å²) in [5.74, 6) is -0.379. The fraction of sp³-hybridized carbons (Fsp3) is 0.267. The van der Waals surface area contributed by atoms with Gasteiger partial charge in [0, 0.05) is 10.9 Å². The highest BCUT2D eigenvalue weighted by atomic mass is 32.1. The molecule has 0 saturated carbocycles. The molecule has 0 aliphatic carbocycles. The predicted molar refractivity (Wildman–Crippen MR) is 79.7 cm³/mol. The molecule has 0 aliphatic rings. The molecule has 3 nitrogen and oxygen atoms in total. The molecule has 0 radical (unpaired) electrons. The molecule has 0 fully saturated rings. The van der Waals surface area contributed by atoms with Crippen molar-refractivity contribution in [1.82, 2.24) is 0 Å². The van der Waals surface area contributed by atoms with Gasteiger partial charge in [-0.25, -0.2) is 4.79 Å². The molecule has 2 rings (SSSR count). The van der Waals surface area contributed by atoms with Crippen molar-refractivity contribution in [1.29, 1.82) is 0 Å². The van der Waals surface area contributed by atoms with Gasteiger partial charge < -0.3 is 10.5 Å². The number of esters is 1. The van der Waals surface area contributed by atoms with Crippen molar-refractivity contribution in [3.63, 3.8) is 0 Å². The highest BCUT2D eigenvalue weighted by Gasteiger charge is 2.19. The third-order valence-electron chi connectivity index (χ3n) is 3.15. The van der Waals surface area contributed by atoms with E-state index in [1.54, 1.807) is 0 Å². The van der Waals surface area contributed by atoms with Crippen LogP contribution >= 0.6 is 11.3 Å². The third-order valence-corrected chi connectivity index (χ3v) is 4.12. The molecular weight excluding hydrogens is 258 g/mol. The normalized spacial score (nSPS) is 10.5. The second-order valence-electron chi connectivity index (χ2n) is 4.66. The van der Waals surface area contributed by atoms with Crippen molar-refractivity contribution < 1.29 is 9.53 Å². The van der Waals surface area contributed by atoms with Gasteiger partial charge in [-0.2, -0.15) is 0 Å². The van der Waals surface area contributed by atoms with Crippen LogP contribution in [0.15, 0.2) is 17.5 Å². The van der Waals surface area contributed by atoms with Gasteiger partial charge in [0.1, 0.15) is 4.88 Å². The number of aryl methyl sites for hydroxylation is 3. The first-order chi connectivity index (χ1) is 8.95. The standard InChI is InChI=1S/C15H17NO2S/c1-8-5-9(2)12(10(3)6-8)11-7-19-14(13(11)16)15(17)18-4/h5-7H,16H2,1-4H3. The number of rotatable bonds is 2. The van der Waals surface area contributed by atoms with Crippen LogP contribution in [0.2, 0.25) is 0 Å². The van der Waals surface area contributed by atoms with E-state index < -0.39 is 0 Å². The lowest BCUT2D eigenvalue weighted by atomic mass is 9.94. The number of nitrogens with two attached hydrogens (primary N) is 1. The van der Waals surface area contributed by atoms with E-state index in [2.05, 4.69) is 32.9 Å². The molecule has 1 heterocycles. The maximum absolute atomic E-state index is 11.6. The van der Waals surface area contributed by atoms with E-state index in [0.29, 0.717) is 10.6 Å². The molecule has 0 atom stereocenters. The molecule has 0 aliphatic heterocycles. The van der Waals surface area contributed by atoms with E-state index in [1.807, 2.05) is 5.38 Å². The molecule has 1 aromatic heterocycles. The fourth-order valence-corrected chi connectivity index (χ4v) is 3.31. The summed E-state index contributed by atoms with van der Waals surface area (Å²) < 4.78 is 4.74. The number of benzene rings is 1. The number of ether oxygens (including phenoxy) is 1. The van der Waals surface area contributed by atoms with Crippen molar-refractivity contribution in [2.75, 3.05) is 12.8 Å². The van der Waals surface area contributed by atoms with E-state index in [0.717, 1.165) is 11.1 Å². The van der Waals surface area contributed by atoms with Gasteiger partial charge >= 0.3 is 5.97 Å². The number of carbonyl (C=O) groups excluding carboxylic acids is 1. The summed E-state index contributed by atoms with van der Waals surface area (Å²) in [6.07, 6.45) is 0. The molecular formula is C15H17NO2S. The van der Waals surface area contributed by atoms with Gasteiger partial charge in [-0.3, -0.25) is 0 Å². The molecule has 0 bridgehead atoms. The second-order valence-corrected chi connectivity index (χ2v) is 5.54. The Labute approximate surface area is 117 Å². The molecule has 0 saturated heterocycles. The quantitative estimate of drug-likeness (QED) is 0.850. The lowest BCUT2D eigenvalue weighted by molar-refractivity contribution is 0.0607. The number of carbonyl (C=O) groups is 1. The Morgan fingerprint density at radius 2 is 1.79 bits per heavy atom. The topological polar surface area (TPSA) is 52.3 Å². The van der Waals surface area contributed by atoms with Crippen LogP contribution in [0.1, 0.15) is 26.4 Å². The first-order valence-electron chi connectivity index (χ1n) is 5.99. The number of hydrogen-bond acceptors (Lipinski definition) is 4. The van der Waals surface area contributed by atoms with Gasteiger partial charge in [-0.05, 0) is 37.5 Å². The lowest BCUT2D eigenvalue weighted by Gasteiger charge is -2.11. The summed E-state index contributed by atoms with van der Waals surface area (Å²) in [6, 6.07) is 4.24. The summed E-state index contributed by atoms with van der Waals surface area (Å²) in [6.45, 7) is 6.19. The number of methoxy groups -OCH3 is 1. The fourth-order valence-electron chi connectivity index (χ4n) is 2.42. The zero-order chi connectivity index (χ0) is 14.2.